The van der Waals surface area contributed by atoms with Gasteiger partial charge in [-0.15, -0.1) is 0 Å². The lowest BCUT2D eigenvalue weighted by Crippen LogP contribution is -2.23. The Bertz CT molecular complexity index is 151. The Labute approximate surface area is 79.8 Å². The van der Waals surface area contributed by atoms with E-state index in [9.17, 15) is 4.79 Å². The fraction of sp³-hybridized carbons (Fsp3) is 0.900. The first-order valence-corrected chi connectivity index (χ1v) is 5.19. The number of carbonyl (C=O) groups is 1. The number of hydrogen-bond acceptors (Lipinski definition) is 3. The summed E-state index contributed by atoms with van der Waals surface area (Å²) in [6.07, 6.45) is 4.21. The minimum Gasteiger partial charge on any atom is -0.466 e. The van der Waals surface area contributed by atoms with Gasteiger partial charge in [-0.05, 0) is 38.8 Å². The van der Waals surface area contributed by atoms with Crippen molar-refractivity contribution in [2.75, 3.05) is 19.7 Å². The Morgan fingerprint density at radius 1 is 1.54 bits per heavy atom. The van der Waals surface area contributed by atoms with Gasteiger partial charge in [-0.1, -0.05) is 6.42 Å². The van der Waals surface area contributed by atoms with E-state index in [1.807, 2.05) is 6.92 Å². The van der Waals surface area contributed by atoms with Gasteiger partial charge in [0.05, 0.1) is 6.61 Å². The van der Waals surface area contributed by atoms with Crippen LogP contribution >= 0.6 is 0 Å². The molecule has 3 heteroatoms. The zero-order valence-corrected chi connectivity index (χ0v) is 8.34. The average Bonchev–Trinajstić information content (AvgIpc) is 2.33. The summed E-state index contributed by atoms with van der Waals surface area (Å²) in [5.41, 5.74) is 0. The van der Waals surface area contributed by atoms with Gasteiger partial charge in [0.25, 0.3) is 0 Å². The third-order valence-corrected chi connectivity index (χ3v) is 2.41. The van der Waals surface area contributed by atoms with E-state index in [-0.39, 0.29) is 5.97 Å². The number of hydrogen-bond donors (Lipinski definition) is 1. The predicted molar refractivity (Wildman–Crippen MR) is 51.5 cm³/mol. The standard InChI is InChI=1S/C10H19NO2/c1-2-13-10(12)7-9-5-3-4-6-11-8-9/h9,11H,2-8H2,1H3. The fourth-order valence-electron chi connectivity index (χ4n) is 1.72. The maximum absolute atomic E-state index is 11.2. The molecule has 0 bridgehead atoms. The minimum absolute atomic E-state index is 0.0452. The lowest BCUT2D eigenvalue weighted by molar-refractivity contribution is -0.144. The molecule has 76 valence electrons. The Kier molecular flexibility index (Phi) is 4.83. The van der Waals surface area contributed by atoms with Gasteiger partial charge in [-0.2, -0.15) is 0 Å². The predicted octanol–water partition coefficient (Wildman–Crippen LogP) is 1.33. The smallest absolute Gasteiger partial charge is 0.306 e. The van der Waals surface area contributed by atoms with E-state index in [4.69, 9.17) is 4.74 Å². The SMILES string of the molecule is CCOC(=O)CC1CCCCNC1. The molecule has 13 heavy (non-hydrogen) atoms. The monoisotopic (exact) mass is 185 g/mol. The second-order valence-corrected chi connectivity index (χ2v) is 3.58. The molecule has 1 aliphatic heterocycles. The maximum atomic E-state index is 11.2. The molecular weight excluding hydrogens is 166 g/mol. The van der Waals surface area contributed by atoms with Gasteiger partial charge in [0.15, 0.2) is 0 Å². The van der Waals surface area contributed by atoms with Gasteiger partial charge in [-0.25, -0.2) is 0 Å². The van der Waals surface area contributed by atoms with E-state index in [0.717, 1.165) is 19.5 Å². The van der Waals surface area contributed by atoms with Crippen molar-refractivity contribution >= 4 is 5.97 Å². The molecule has 1 rings (SSSR count). The number of esters is 1. The van der Waals surface area contributed by atoms with E-state index in [1.165, 1.54) is 12.8 Å². The highest BCUT2D eigenvalue weighted by Crippen LogP contribution is 2.15. The van der Waals surface area contributed by atoms with E-state index in [1.54, 1.807) is 0 Å². The normalized spacial score (nSPS) is 23.6. The van der Waals surface area contributed by atoms with Crippen molar-refractivity contribution in [1.82, 2.24) is 5.32 Å². The number of rotatable bonds is 3. The second kappa shape index (κ2) is 5.97. The van der Waals surface area contributed by atoms with Gasteiger partial charge in [-0.3, -0.25) is 4.79 Å². The molecule has 0 radical (unpaired) electrons. The van der Waals surface area contributed by atoms with E-state index < -0.39 is 0 Å². The van der Waals surface area contributed by atoms with Crippen LogP contribution in [0, 0.1) is 5.92 Å². The molecule has 0 saturated carbocycles. The van der Waals surface area contributed by atoms with Crippen LogP contribution < -0.4 is 5.32 Å². The molecule has 0 aromatic heterocycles. The highest BCUT2D eigenvalue weighted by molar-refractivity contribution is 5.69. The van der Waals surface area contributed by atoms with Crippen molar-refractivity contribution in [2.45, 2.75) is 32.6 Å². The van der Waals surface area contributed by atoms with Crippen molar-refractivity contribution in [1.29, 1.82) is 0 Å². The first-order valence-electron chi connectivity index (χ1n) is 5.19. The van der Waals surface area contributed by atoms with Crippen LogP contribution in [0.25, 0.3) is 0 Å². The maximum Gasteiger partial charge on any atom is 0.306 e. The van der Waals surface area contributed by atoms with Gasteiger partial charge in [0.2, 0.25) is 0 Å². The summed E-state index contributed by atoms with van der Waals surface area (Å²) in [6.45, 7) is 4.42. The Morgan fingerprint density at radius 3 is 3.15 bits per heavy atom. The second-order valence-electron chi connectivity index (χ2n) is 3.58. The van der Waals surface area contributed by atoms with Crippen molar-refractivity contribution in [2.24, 2.45) is 5.92 Å². The molecule has 0 aromatic carbocycles. The summed E-state index contributed by atoms with van der Waals surface area (Å²) in [4.78, 5) is 11.2. The summed E-state index contributed by atoms with van der Waals surface area (Å²) >= 11 is 0. The van der Waals surface area contributed by atoms with E-state index in [2.05, 4.69) is 5.32 Å². The molecule has 1 aliphatic rings. The number of nitrogens with one attached hydrogen (secondary N) is 1. The van der Waals surface area contributed by atoms with Gasteiger partial charge in [0, 0.05) is 6.42 Å². The van der Waals surface area contributed by atoms with Crippen LogP contribution in [0.5, 0.6) is 0 Å². The highest BCUT2D eigenvalue weighted by atomic mass is 16.5. The molecule has 1 atom stereocenters. The zero-order chi connectivity index (χ0) is 9.52. The third kappa shape index (κ3) is 4.27. The van der Waals surface area contributed by atoms with Crippen molar-refractivity contribution < 1.29 is 9.53 Å². The van der Waals surface area contributed by atoms with Gasteiger partial charge < -0.3 is 10.1 Å². The molecule has 3 nitrogen and oxygen atoms in total. The summed E-state index contributed by atoms with van der Waals surface area (Å²) in [7, 11) is 0. The van der Waals surface area contributed by atoms with Gasteiger partial charge >= 0.3 is 5.97 Å². The average molecular weight is 185 g/mol. The molecular formula is C10H19NO2. The summed E-state index contributed by atoms with van der Waals surface area (Å²) < 4.78 is 4.92. The summed E-state index contributed by atoms with van der Waals surface area (Å²) in [6, 6.07) is 0. The van der Waals surface area contributed by atoms with Crippen LogP contribution in [0.4, 0.5) is 0 Å². The van der Waals surface area contributed by atoms with Crippen LogP contribution in [0.3, 0.4) is 0 Å². The summed E-state index contributed by atoms with van der Waals surface area (Å²) in [5.74, 6) is 0.442. The molecule has 0 spiro atoms. The minimum atomic E-state index is -0.0452. The number of carbonyl (C=O) groups excluding carboxylic acids is 1. The molecule has 1 heterocycles. The largest absolute Gasteiger partial charge is 0.466 e. The zero-order valence-electron chi connectivity index (χ0n) is 8.34. The lowest BCUT2D eigenvalue weighted by atomic mass is 10.00. The quantitative estimate of drug-likeness (QED) is 0.674. The molecule has 1 saturated heterocycles. The third-order valence-electron chi connectivity index (χ3n) is 2.41. The molecule has 1 unspecified atom stereocenters. The topological polar surface area (TPSA) is 38.3 Å². The van der Waals surface area contributed by atoms with E-state index >= 15 is 0 Å². The first-order chi connectivity index (χ1) is 6.33. The van der Waals surface area contributed by atoms with Gasteiger partial charge in [0.1, 0.15) is 0 Å². The van der Waals surface area contributed by atoms with Crippen LogP contribution in [0.1, 0.15) is 32.6 Å². The summed E-state index contributed by atoms with van der Waals surface area (Å²) in [5, 5.41) is 3.34. The fourth-order valence-corrected chi connectivity index (χ4v) is 1.72. The Balaban J connectivity index is 2.21. The van der Waals surface area contributed by atoms with Crippen molar-refractivity contribution in [3.8, 4) is 0 Å². The molecule has 0 aromatic rings. The highest BCUT2D eigenvalue weighted by Gasteiger charge is 2.15. The Morgan fingerprint density at radius 2 is 2.38 bits per heavy atom. The van der Waals surface area contributed by atoms with Crippen LogP contribution in [-0.4, -0.2) is 25.7 Å². The first kappa shape index (κ1) is 10.5. The Hall–Kier alpha value is -0.570. The van der Waals surface area contributed by atoms with Crippen molar-refractivity contribution in [3.05, 3.63) is 0 Å². The number of ether oxygens (including phenoxy) is 1. The van der Waals surface area contributed by atoms with Crippen LogP contribution in [0.15, 0.2) is 0 Å². The molecule has 1 fully saturated rings. The lowest BCUT2D eigenvalue weighted by Gasteiger charge is -2.12. The van der Waals surface area contributed by atoms with Crippen molar-refractivity contribution in [3.63, 3.8) is 0 Å². The molecule has 0 aliphatic carbocycles. The van der Waals surface area contributed by atoms with Crippen LogP contribution in [-0.2, 0) is 9.53 Å². The molecule has 1 N–H and O–H groups in total. The van der Waals surface area contributed by atoms with Crippen LogP contribution in [0.2, 0.25) is 0 Å². The van der Waals surface area contributed by atoms with E-state index in [0.29, 0.717) is 18.9 Å². The molecule has 0 amide bonds.